The van der Waals surface area contributed by atoms with Crippen molar-refractivity contribution in [2.45, 2.75) is 6.92 Å². The van der Waals surface area contributed by atoms with Gasteiger partial charge >= 0.3 is 11.6 Å². The van der Waals surface area contributed by atoms with Crippen molar-refractivity contribution in [3.05, 3.63) is 75.6 Å². The maximum atomic E-state index is 12.8. The highest BCUT2D eigenvalue weighted by atomic mass is 16.4. The Morgan fingerprint density at radius 3 is 2.60 bits per heavy atom. The third-order valence-corrected chi connectivity index (χ3v) is 3.73. The van der Waals surface area contributed by atoms with Crippen LogP contribution in [0.4, 0.5) is 5.69 Å². The van der Waals surface area contributed by atoms with Gasteiger partial charge in [0.1, 0.15) is 17.7 Å². The van der Waals surface area contributed by atoms with Crippen molar-refractivity contribution in [2.24, 2.45) is 0 Å². The van der Waals surface area contributed by atoms with Gasteiger partial charge in [-0.1, -0.05) is 23.8 Å². The number of nitrogens with one attached hydrogen (secondary N) is 1. The minimum atomic E-state index is -1.05. The first-order valence-electron chi connectivity index (χ1n) is 7.59. The van der Waals surface area contributed by atoms with Gasteiger partial charge in [-0.25, -0.2) is 4.79 Å². The number of carbonyl (C=O) groups is 2. The summed E-state index contributed by atoms with van der Waals surface area (Å²) < 4.78 is 5.24. The van der Waals surface area contributed by atoms with Gasteiger partial charge < -0.3 is 14.8 Å². The second-order valence-electron chi connectivity index (χ2n) is 5.61. The van der Waals surface area contributed by atoms with Crippen molar-refractivity contribution in [3.63, 3.8) is 0 Å². The molecule has 0 radical (unpaired) electrons. The molecule has 1 aromatic heterocycles. The molecule has 0 amide bonds. The average Bonchev–Trinajstić information content (AvgIpc) is 2.59. The SMILES string of the molecule is Cc1ccc2oc(=O)c(C(=O)c3ccccc3NCC(=O)O)cc2c1. The monoisotopic (exact) mass is 337 g/mol. The fourth-order valence-corrected chi connectivity index (χ4v) is 2.55. The Labute approximate surface area is 142 Å². The summed E-state index contributed by atoms with van der Waals surface area (Å²) in [6, 6.07) is 13.3. The van der Waals surface area contributed by atoms with E-state index < -0.39 is 17.4 Å². The Kier molecular flexibility index (Phi) is 4.35. The molecule has 2 aromatic carbocycles. The lowest BCUT2D eigenvalue weighted by Gasteiger charge is -2.09. The number of hydrogen-bond donors (Lipinski definition) is 2. The van der Waals surface area contributed by atoms with E-state index >= 15 is 0 Å². The quantitative estimate of drug-likeness (QED) is 0.549. The highest BCUT2D eigenvalue weighted by molar-refractivity contribution is 6.13. The van der Waals surface area contributed by atoms with E-state index in [9.17, 15) is 14.4 Å². The van der Waals surface area contributed by atoms with Crippen LogP contribution in [-0.2, 0) is 4.79 Å². The minimum absolute atomic E-state index is 0.0947. The van der Waals surface area contributed by atoms with E-state index in [2.05, 4.69) is 5.32 Å². The standard InChI is InChI=1S/C19H15NO5/c1-11-6-7-16-12(8-11)9-14(19(24)25-16)18(23)13-4-2-3-5-15(13)20-10-17(21)22/h2-9,20H,10H2,1H3,(H,21,22). The molecule has 0 bridgehead atoms. The summed E-state index contributed by atoms with van der Waals surface area (Å²) in [5.74, 6) is -1.58. The number of carbonyl (C=O) groups excluding carboxylic acids is 1. The summed E-state index contributed by atoms with van der Waals surface area (Å²) in [5, 5.41) is 12.1. The minimum Gasteiger partial charge on any atom is -0.480 e. The van der Waals surface area contributed by atoms with Crippen molar-refractivity contribution in [1.82, 2.24) is 0 Å². The van der Waals surface area contributed by atoms with Crippen LogP contribution >= 0.6 is 0 Å². The van der Waals surface area contributed by atoms with E-state index in [-0.39, 0.29) is 17.7 Å². The maximum Gasteiger partial charge on any atom is 0.347 e. The smallest absolute Gasteiger partial charge is 0.347 e. The zero-order valence-corrected chi connectivity index (χ0v) is 13.4. The van der Waals surface area contributed by atoms with Gasteiger partial charge in [0.05, 0.1) is 0 Å². The molecule has 126 valence electrons. The number of fused-ring (bicyclic) bond motifs is 1. The molecule has 0 fully saturated rings. The molecule has 3 rings (SSSR count). The van der Waals surface area contributed by atoms with Crippen LogP contribution in [0.1, 0.15) is 21.5 Å². The first kappa shape index (κ1) is 16.4. The summed E-state index contributed by atoms with van der Waals surface area (Å²) >= 11 is 0. The van der Waals surface area contributed by atoms with Gasteiger partial charge in [-0.15, -0.1) is 0 Å². The van der Waals surface area contributed by atoms with Crippen LogP contribution in [-0.4, -0.2) is 23.4 Å². The summed E-state index contributed by atoms with van der Waals surface area (Å²) in [4.78, 5) is 35.8. The number of ketones is 1. The third-order valence-electron chi connectivity index (χ3n) is 3.73. The van der Waals surface area contributed by atoms with Crippen molar-refractivity contribution in [2.75, 3.05) is 11.9 Å². The normalized spacial score (nSPS) is 10.6. The van der Waals surface area contributed by atoms with Crippen LogP contribution in [0.3, 0.4) is 0 Å². The molecule has 25 heavy (non-hydrogen) atoms. The first-order chi connectivity index (χ1) is 12.0. The molecule has 0 saturated carbocycles. The second-order valence-corrected chi connectivity index (χ2v) is 5.61. The van der Waals surface area contributed by atoms with E-state index in [0.717, 1.165) is 5.56 Å². The molecule has 6 heteroatoms. The molecular weight excluding hydrogens is 322 g/mol. The van der Waals surface area contributed by atoms with Gasteiger partial charge in [0.2, 0.25) is 5.78 Å². The fourth-order valence-electron chi connectivity index (χ4n) is 2.55. The molecule has 0 spiro atoms. The Morgan fingerprint density at radius 2 is 1.84 bits per heavy atom. The van der Waals surface area contributed by atoms with E-state index in [1.165, 1.54) is 12.1 Å². The molecule has 2 N–H and O–H groups in total. The molecule has 0 aliphatic rings. The number of aryl methyl sites for hydroxylation is 1. The van der Waals surface area contributed by atoms with Gasteiger partial charge in [-0.2, -0.15) is 0 Å². The molecule has 0 aliphatic carbocycles. The van der Waals surface area contributed by atoms with Crippen LogP contribution in [0.5, 0.6) is 0 Å². The second kappa shape index (κ2) is 6.60. The summed E-state index contributed by atoms with van der Waals surface area (Å²) in [7, 11) is 0. The summed E-state index contributed by atoms with van der Waals surface area (Å²) in [6.07, 6.45) is 0. The number of para-hydroxylation sites is 1. The van der Waals surface area contributed by atoms with Gasteiger partial charge in [0.25, 0.3) is 0 Å². The number of rotatable bonds is 5. The Balaban J connectivity index is 2.07. The van der Waals surface area contributed by atoms with Crippen LogP contribution in [0.25, 0.3) is 11.0 Å². The molecule has 0 saturated heterocycles. The Morgan fingerprint density at radius 1 is 1.08 bits per heavy atom. The fraction of sp³-hybridized carbons (Fsp3) is 0.105. The molecule has 6 nitrogen and oxygen atoms in total. The Bertz CT molecular complexity index is 1040. The van der Waals surface area contributed by atoms with Crippen LogP contribution in [0.2, 0.25) is 0 Å². The van der Waals surface area contributed by atoms with Crippen LogP contribution in [0.15, 0.2) is 57.7 Å². The largest absolute Gasteiger partial charge is 0.480 e. The number of carboxylic acid groups (broad SMARTS) is 1. The predicted octanol–water partition coefficient (Wildman–Crippen LogP) is 2.83. The zero-order chi connectivity index (χ0) is 18.0. The van der Waals surface area contributed by atoms with Crippen molar-refractivity contribution in [3.8, 4) is 0 Å². The lowest BCUT2D eigenvalue weighted by Crippen LogP contribution is -2.18. The zero-order valence-electron chi connectivity index (χ0n) is 13.4. The summed E-state index contributed by atoms with van der Waals surface area (Å²) in [5.41, 5.74) is 1.12. The first-order valence-corrected chi connectivity index (χ1v) is 7.59. The topological polar surface area (TPSA) is 96.6 Å². The maximum absolute atomic E-state index is 12.8. The van der Waals surface area contributed by atoms with E-state index in [4.69, 9.17) is 9.52 Å². The molecule has 3 aromatic rings. The van der Waals surface area contributed by atoms with Crippen molar-refractivity contribution >= 4 is 28.4 Å². The van der Waals surface area contributed by atoms with Crippen molar-refractivity contribution < 1.29 is 19.1 Å². The number of benzene rings is 2. The van der Waals surface area contributed by atoms with Crippen LogP contribution < -0.4 is 10.9 Å². The highest BCUT2D eigenvalue weighted by Crippen LogP contribution is 2.21. The number of anilines is 1. The van der Waals surface area contributed by atoms with Gasteiger partial charge in [0.15, 0.2) is 0 Å². The molecule has 0 aliphatic heterocycles. The molecule has 0 atom stereocenters. The predicted molar refractivity (Wildman–Crippen MR) is 93.2 cm³/mol. The third kappa shape index (κ3) is 3.42. The van der Waals surface area contributed by atoms with E-state index in [1.54, 1.807) is 24.3 Å². The average molecular weight is 337 g/mol. The van der Waals surface area contributed by atoms with Crippen LogP contribution in [0, 0.1) is 6.92 Å². The number of aliphatic carboxylic acids is 1. The van der Waals surface area contributed by atoms with Gasteiger partial charge in [-0.05, 0) is 37.3 Å². The molecular formula is C19H15NO5. The van der Waals surface area contributed by atoms with E-state index in [1.807, 2.05) is 19.1 Å². The number of hydrogen-bond acceptors (Lipinski definition) is 5. The molecule has 1 heterocycles. The summed E-state index contributed by atoms with van der Waals surface area (Å²) in [6.45, 7) is 1.56. The molecule has 0 unspecified atom stereocenters. The van der Waals surface area contributed by atoms with Gasteiger partial charge in [0, 0.05) is 16.6 Å². The lowest BCUT2D eigenvalue weighted by atomic mass is 10.0. The lowest BCUT2D eigenvalue weighted by molar-refractivity contribution is -0.134. The Hall–Kier alpha value is -3.41. The highest BCUT2D eigenvalue weighted by Gasteiger charge is 2.19. The van der Waals surface area contributed by atoms with E-state index in [0.29, 0.717) is 16.7 Å². The number of carboxylic acids is 1. The van der Waals surface area contributed by atoms with Crippen molar-refractivity contribution in [1.29, 1.82) is 0 Å². The van der Waals surface area contributed by atoms with Gasteiger partial charge in [-0.3, -0.25) is 9.59 Å².